The van der Waals surface area contributed by atoms with Crippen LogP contribution in [0.1, 0.15) is 5.56 Å². The smallest absolute Gasteiger partial charge is 0.159 e. The highest BCUT2D eigenvalue weighted by molar-refractivity contribution is 6.31. The summed E-state index contributed by atoms with van der Waals surface area (Å²) in [7, 11) is 0. The topological polar surface area (TPSA) is 46.0 Å². The number of benzene rings is 1. The van der Waals surface area contributed by atoms with Crippen molar-refractivity contribution < 1.29 is 5.11 Å². The van der Waals surface area contributed by atoms with Crippen molar-refractivity contribution in [3.05, 3.63) is 47.2 Å². The maximum atomic E-state index is 9.06. The normalized spacial score (nSPS) is 10.3. The molecule has 15 heavy (non-hydrogen) atoms. The van der Waals surface area contributed by atoms with Crippen molar-refractivity contribution in [2.75, 3.05) is 0 Å². The molecule has 2 rings (SSSR count). The van der Waals surface area contributed by atoms with Gasteiger partial charge >= 0.3 is 0 Å². The molecule has 1 aromatic carbocycles. The number of nitrogens with zero attached hydrogens (tertiary/aromatic N) is 2. The van der Waals surface area contributed by atoms with Crippen molar-refractivity contribution in [3.8, 4) is 11.4 Å². The molecular formula is C11H9ClN2O. The second kappa shape index (κ2) is 4.38. The zero-order valence-corrected chi connectivity index (χ0v) is 8.65. The Kier molecular flexibility index (Phi) is 2.94. The summed E-state index contributed by atoms with van der Waals surface area (Å²) >= 11 is 5.88. The number of aromatic nitrogens is 2. The predicted octanol–water partition coefficient (Wildman–Crippen LogP) is 2.29. The highest BCUT2D eigenvalue weighted by Crippen LogP contribution is 2.22. The summed E-state index contributed by atoms with van der Waals surface area (Å²) < 4.78 is 0. The summed E-state index contributed by atoms with van der Waals surface area (Å²) in [5.41, 5.74) is 1.53. The monoisotopic (exact) mass is 220 g/mol. The van der Waals surface area contributed by atoms with E-state index in [-0.39, 0.29) is 6.61 Å². The van der Waals surface area contributed by atoms with Gasteiger partial charge in [-0.05, 0) is 29.8 Å². The SMILES string of the molecule is OCc1cc(-c2ncccn2)ccc1Cl. The van der Waals surface area contributed by atoms with Gasteiger partial charge in [-0.1, -0.05) is 11.6 Å². The molecular weight excluding hydrogens is 212 g/mol. The summed E-state index contributed by atoms with van der Waals surface area (Å²) in [4.78, 5) is 8.24. The van der Waals surface area contributed by atoms with Crippen molar-refractivity contribution in [2.24, 2.45) is 0 Å². The van der Waals surface area contributed by atoms with Crippen molar-refractivity contribution in [1.29, 1.82) is 0 Å². The molecule has 4 heteroatoms. The molecule has 0 saturated carbocycles. The van der Waals surface area contributed by atoms with E-state index in [1.807, 2.05) is 6.07 Å². The van der Waals surface area contributed by atoms with Gasteiger partial charge in [0.2, 0.25) is 0 Å². The van der Waals surface area contributed by atoms with Gasteiger partial charge in [0.05, 0.1) is 6.61 Å². The van der Waals surface area contributed by atoms with Crippen molar-refractivity contribution in [1.82, 2.24) is 9.97 Å². The number of aliphatic hydroxyl groups is 1. The average Bonchev–Trinajstić information content (AvgIpc) is 2.31. The molecule has 0 radical (unpaired) electrons. The van der Waals surface area contributed by atoms with E-state index < -0.39 is 0 Å². The van der Waals surface area contributed by atoms with E-state index in [0.717, 1.165) is 5.56 Å². The molecule has 76 valence electrons. The minimum absolute atomic E-state index is 0.0838. The van der Waals surface area contributed by atoms with Crippen LogP contribution in [-0.4, -0.2) is 15.1 Å². The van der Waals surface area contributed by atoms with Crippen LogP contribution in [0.2, 0.25) is 5.02 Å². The van der Waals surface area contributed by atoms with Gasteiger partial charge in [0.1, 0.15) is 0 Å². The van der Waals surface area contributed by atoms with E-state index in [1.54, 1.807) is 30.6 Å². The molecule has 0 fully saturated rings. The Morgan fingerprint density at radius 3 is 2.60 bits per heavy atom. The molecule has 0 spiro atoms. The zero-order chi connectivity index (χ0) is 10.7. The second-order valence-corrected chi connectivity index (χ2v) is 3.44. The second-order valence-electron chi connectivity index (χ2n) is 3.04. The quantitative estimate of drug-likeness (QED) is 0.845. The first-order chi connectivity index (χ1) is 7.31. The van der Waals surface area contributed by atoms with E-state index >= 15 is 0 Å². The van der Waals surface area contributed by atoms with Crippen LogP contribution < -0.4 is 0 Å². The summed E-state index contributed by atoms with van der Waals surface area (Å²) in [6, 6.07) is 7.11. The zero-order valence-electron chi connectivity index (χ0n) is 7.89. The lowest BCUT2D eigenvalue weighted by molar-refractivity contribution is 0.282. The van der Waals surface area contributed by atoms with Gasteiger partial charge in [0, 0.05) is 23.0 Å². The molecule has 1 N–H and O–H groups in total. The molecule has 0 atom stereocenters. The maximum absolute atomic E-state index is 9.06. The molecule has 0 aliphatic heterocycles. The van der Waals surface area contributed by atoms with Crippen LogP contribution in [0.25, 0.3) is 11.4 Å². The van der Waals surface area contributed by atoms with E-state index in [1.165, 1.54) is 0 Å². The highest BCUT2D eigenvalue weighted by Gasteiger charge is 2.04. The Hall–Kier alpha value is -1.45. The molecule has 0 saturated heterocycles. The number of rotatable bonds is 2. The number of hydrogen-bond acceptors (Lipinski definition) is 3. The molecule has 0 aliphatic carbocycles. The third-order valence-electron chi connectivity index (χ3n) is 2.04. The number of halogens is 1. The van der Waals surface area contributed by atoms with Crippen molar-refractivity contribution >= 4 is 11.6 Å². The van der Waals surface area contributed by atoms with Gasteiger partial charge in [0.15, 0.2) is 5.82 Å². The molecule has 3 nitrogen and oxygen atoms in total. The fraction of sp³-hybridized carbons (Fsp3) is 0.0909. The van der Waals surface area contributed by atoms with E-state index in [2.05, 4.69) is 9.97 Å². The Balaban J connectivity index is 2.46. The molecule has 1 aromatic heterocycles. The number of aliphatic hydroxyl groups excluding tert-OH is 1. The lowest BCUT2D eigenvalue weighted by atomic mass is 10.1. The van der Waals surface area contributed by atoms with Crippen LogP contribution in [-0.2, 0) is 6.61 Å². The Morgan fingerprint density at radius 1 is 1.20 bits per heavy atom. The van der Waals surface area contributed by atoms with Crippen LogP contribution in [0.4, 0.5) is 0 Å². The highest BCUT2D eigenvalue weighted by atomic mass is 35.5. The summed E-state index contributed by atoms with van der Waals surface area (Å²) in [6.07, 6.45) is 3.35. The van der Waals surface area contributed by atoms with Gasteiger partial charge in [-0.25, -0.2) is 9.97 Å². The van der Waals surface area contributed by atoms with Crippen LogP contribution in [0.3, 0.4) is 0 Å². The minimum Gasteiger partial charge on any atom is -0.392 e. The van der Waals surface area contributed by atoms with E-state index in [9.17, 15) is 0 Å². The molecule has 0 unspecified atom stereocenters. The average molecular weight is 221 g/mol. The van der Waals surface area contributed by atoms with Gasteiger partial charge in [-0.2, -0.15) is 0 Å². The minimum atomic E-state index is -0.0838. The van der Waals surface area contributed by atoms with E-state index in [0.29, 0.717) is 16.4 Å². The standard InChI is InChI=1S/C11H9ClN2O/c12-10-3-2-8(6-9(10)7-15)11-13-4-1-5-14-11/h1-6,15H,7H2. The Labute approximate surface area is 92.4 Å². The maximum Gasteiger partial charge on any atom is 0.159 e. The largest absolute Gasteiger partial charge is 0.392 e. The Bertz CT molecular complexity index is 459. The summed E-state index contributed by atoms with van der Waals surface area (Å²) in [5, 5.41) is 9.62. The first kappa shape index (κ1) is 10.1. The fourth-order valence-electron chi connectivity index (χ4n) is 1.28. The van der Waals surface area contributed by atoms with Crippen LogP contribution in [0.5, 0.6) is 0 Å². The predicted molar refractivity (Wildman–Crippen MR) is 58.4 cm³/mol. The summed E-state index contributed by atoms with van der Waals surface area (Å²) in [6.45, 7) is -0.0838. The molecule has 0 bridgehead atoms. The first-order valence-corrected chi connectivity index (χ1v) is 4.86. The molecule has 0 aliphatic rings. The van der Waals surface area contributed by atoms with Gasteiger partial charge < -0.3 is 5.11 Å². The van der Waals surface area contributed by atoms with Crippen LogP contribution in [0, 0.1) is 0 Å². The van der Waals surface area contributed by atoms with E-state index in [4.69, 9.17) is 16.7 Å². The Morgan fingerprint density at radius 2 is 1.93 bits per heavy atom. The van der Waals surface area contributed by atoms with Gasteiger partial charge in [-0.15, -0.1) is 0 Å². The molecule has 1 heterocycles. The first-order valence-electron chi connectivity index (χ1n) is 4.48. The van der Waals surface area contributed by atoms with Gasteiger partial charge in [-0.3, -0.25) is 0 Å². The summed E-state index contributed by atoms with van der Waals surface area (Å²) in [5.74, 6) is 0.629. The number of hydrogen-bond donors (Lipinski definition) is 1. The molecule has 0 amide bonds. The van der Waals surface area contributed by atoms with Crippen molar-refractivity contribution in [2.45, 2.75) is 6.61 Å². The third kappa shape index (κ3) is 2.14. The third-order valence-corrected chi connectivity index (χ3v) is 2.41. The van der Waals surface area contributed by atoms with Crippen molar-refractivity contribution in [3.63, 3.8) is 0 Å². The van der Waals surface area contributed by atoms with Crippen LogP contribution >= 0.6 is 11.6 Å². The lowest BCUT2D eigenvalue weighted by Crippen LogP contribution is -1.90. The van der Waals surface area contributed by atoms with Crippen LogP contribution in [0.15, 0.2) is 36.7 Å². The fourth-order valence-corrected chi connectivity index (χ4v) is 1.46. The lowest BCUT2D eigenvalue weighted by Gasteiger charge is -2.03. The van der Waals surface area contributed by atoms with Gasteiger partial charge in [0.25, 0.3) is 0 Å². The molecule has 2 aromatic rings.